The van der Waals surface area contributed by atoms with E-state index < -0.39 is 0 Å². The quantitative estimate of drug-likeness (QED) is 0.706. The first-order valence-electron chi connectivity index (χ1n) is 8.83. The number of imidazole rings is 1. The topological polar surface area (TPSA) is 50.1 Å². The van der Waals surface area contributed by atoms with Gasteiger partial charge in [0.25, 0.3) is 0 Å². The first-order valence-corrected chi connectivity index (χ1v) is 9.21. The molecule has 5 rings (SSSR count). The minimum atomic E-state index is -0.313. The molecule has 3 aromatic rings. The minimum Gasteiger partial charge on any atom is -0.367 e. The number of anilines is 2. The molecule has 1 saturated heterocycles. The third-order valence-corrected chi connectivity index (χ3v) is 5.41. The van der Waals surface area contributed by atoms with Crippen LogP contribution in [0.5, 0.6) is 0 Å². The Bertz CT molecular complexity index is 961. The zero-order chi connectivity index (χ0) is 17.7. The molecule has 0 N–H and O–H groups in total. The summed E-state index contributed by atoms with van der Waals surface area (Å²) < 4.78 is 15.4. The standard InChI is InChI=1S/C18H18ClFN6/c19-14-9-12(20)1-4-15(14)24-5-7-25(8-6-24)17-16-18(22-10-21-17)26(11-23-16)13-2-3-13/h1,4,9-11,13H,2-3,5-8H2. The highest BCUT2D eigenvalue weighted by molar-refractivity contribution is 6.33. The highest BCUT2D eigenvalue weighted by atomic mass is 35.5. The van der Waals surface area contributed by atoms with Crippen molar-refractivity contribution in [3.63, 3.8) is 0 Å². The van der Waals surface area contributed by atoms with Gasteiger partial charge in [-0.2, -0.15) is 0 Å². The van der Waals surface area contributed by atoms with Gasteiger partial charge in [-0.15, -0.1) is 0 Å². The molecule has 0 radical (unpaired) electrons. The Hall–Kier alpha value is -2.41. The van der Waals surface area contributed by atoms with Crippen molar-refractivity contribution in [1.29, 1.82) is 0 Å². The molecule has 2 fully saturated rings. The number of hydrogen-bond donors (Lipinski definition) is 0. The molecule has 1 aromatic carbocycles. The minimum absolute atomic E-state index is 0.313. The second-order valence-electron chi connectivity index (χ2n) is 6.82. The molecule has 0 amide bonds. The van der Waals surface area contributed by atoms with E-state index in [-0.39, 0.29) is 5.82 Å². The van der Waals surface area contributed by atoms with Crippen molar-refractivity contribution in [3.05, 3.63) is 41.7 Å². The van der Waals surface area contributed by atoms with E-state index in [1.165, 1.54) is 25.0 Å². The normalized spacial score (nSPS) is 17.9. The highest BCUT2D eigenvalue weighted by Crippen LogP contribution is 2.37. The largest absolute Gasteiger partial charge is 0.367 e. The zero-order valence-corrected chi connectivity index (χ0v) is 14.9. The third-order valence-electron chi connectivity index (χ3n) is 5.11. The lowest BCUT2D eigenvalue weighted by Gasteiger charge is -2.37. The average molecular weight is 373 g/mol. The van der Waals surface area contributed by atoms with Crippen LogP contribution in [0.15, 0.2) is 30.9 Å². The van der Waals surface area contributed by atoms with Crippen LogP contribution in [0.4, 0.5) is 15.9 Å². The monoisotopic (exact) mass is 372 g/mol. The number of rotatable bonds is 3. The molecular weight excluding hydrogens is 355 g/mol. The van der Waals surface area contributed by atoms with Crippen molar-refractivity contribution in [3.8, 4) is 0 Å². The van der Waals surface area contributed by atoms with Crippen LogP contribution in [0.1, 0.15) is 18.9 Å². The molecule has 0 bridgehead atoms. The van der Waals surface area contributed by atoms with Gasteiger partial charge in [0, 0.05) is 32.2 Å². The average Bonchev–Trinajstić information content (AvgIpc) is 3.40. The van der Waals surface area contributed by atoms with Crippen molar-refractivity contribution in [1.82, 2.24) is 19.5 Å². The summed E-state index contributed by atoms with van der Waals surface area (Å²) in [4.78, 5) is 17.9. The molecule has 3 heterocycles. The van der Waals surface area contributed by atoms with Crippen molar-refractivity contribution >= 4 is 34.3 Å². The van der Waals surface area contributed by atoms with E-state index in [0.29, 0.717) is 11.1 Å². The molecule has 1 aliphatic heterocycles. The van der Waals surface area contributed by atoms with Crippen LogP contribution >= 0.6 is 11.6 Å². The summed E-state index contributed by atoms with van der Waals surface area (Å²) in [7, 11) is 0. The summed E-state index contributed by atoms with van der Waals surface area (Å²) >= 11 is 6.20. The van der Waals surface area contributed by atoms with Crippen LogP contribution in [-0.4, -0.2) is 45.7 Å². The number of nitrogens with zero attached hydrogens (tertiary/aromatic N) is 6. The van der Waals surface area contributed by atoms with Crippen LogP contribution < -0.4 is 9.80 Å². The van der Waals surface area contributed by atoms with E-state index in [4.69, 9.17) is 11.6 Å². The number of hydrogen-bond acceptors (Lipinski definition) is 5. The van der Waals surface area contributed by atoms with Crippen LogP contribution in [0.3, 0.4) is 0 Å². The van der Waals surface area contributed by atoms with Crippen LogP contribution in [0, 0.1) is 5.82 Å². The number of aromatic nitrogens is 4. The van der Waals surface area contributed by atoms with Crippen molar-refractivity contribution < 1.29 is 4.39 Å². The zero-order valence-electron chi connectivity index (χ0n) is 14.1. The summed E-state index contributed by atoms with van der Waals surface area (Å²) in [5.74, 6) is 0.575. The molecule has 26 heavy (non-hydrogen) atoms. The van der Waals surface area contributed by atoms with Gasteiger partial charge in [-0.1, -0.05) is 11.6 Å². The maximum atomic E-state index is 13.3. The fourth-order valence-corrected chi connectivity index (χ4v) is 3.87. The smallest absolute Gasteiger partial charge is 0.165 e. The fourth-order valence-electron chi connectivity index (χ4n) is 3.59. The summed E-state index contributed by atoms with van der Waals surface area (Å²) in [5.41, 5.74) is 2.66. The first-order chi connectivity index (χ1) is 12.7. The van der Waals surface area contributed by atoms with Crippen LogP contribution in [-0.2, 0) is 0 Å². The van der Waals surface area contributed by atoms with Gasteiger partial charge in [-0.3, -0.25) is 0 Å². The Kier molecular flexibility index (Phi) is 3.70. The number of benzene rings is 1. The maximum Gasteiger partial charge on any atom is 0.165 e. The predicted octanol–water partition coefficient (Wildman–Crippen LogP) is 3.28. The molecule has 0 unspecified atom stereocenters. The summed E-state index contributed by atoms with van der Waals surface area (Å²) in [6.07, 6.45) is 5.90. The Morgan fingerprint density at radius 1 is 1.00 bits per heavy atom. The van der Waals surface area contributed by atoms with E-state index in [9.17, 15) is 4.39 Å². The van der Waals surface area contributed by atoms with Gasteiger partial charge in [-0.25, -0.2) is 19.3 Å². The fraction of sp³-hybridized carbons (Fsp3) is 0.389. The predicted molar refractivity (Wildman–Crippen MR) is 99.4 cm³/mol. The molecule has 1 aliphatic carbocycles. The molecule has 2 aromatic heterocycles. The van der Waals surface area contributed by atoms with Gasteiger partial charge in [-0.05, 0) is 31.0 Å². The molecular formula is C18H18ClFN6. The van der Waals surface area contributed by atoms with Crippen LogP contribution in [0.2, 0.25) is 5.02 Å². The lowest BCUT2D eigenvalue weighted by Crippen LogP contribution is -2.47. The lowest BCUT2D eigenvalue weighted by atomic mass is 10.2. The number of fused-ring (bicyclic) bond motifs is 1. The lowest BCUT2D eigenvalue weighted by molar-refractivity contribution is 0.624. The van der Waals surface area contributed by atoms with E-state index in [0.717, 1.165) is 48.8 Å². The van der Waals surface area contributed by atoms with E-state index >= 15 is 0 Å². The van der Waals surface area contributed by atoms with Crippen molar-refractivity contribution in [2.75, 3.05) is 36.0 Å². The molecule has 6 nitrogen and oxygen atoms in total. The Morgan fingerprint density at radius 2 is 1.77 bits per heavy atom. The second-order valence-corrected chi connectivity index (χ2v) is 7.23. The van der Waals surface area contributed by atoms with Gasteiger partial charge >= 0.3 is 0 Å². The van der Waals surface area contributed by atoms with Crippen LogP contribution in [0.25, 0.3) is 11.2 Å². The van der Waals surface area contributed by atoms with Gasteiger partial charge in [0.15, 0.2) is 17.0 Å². The van der Waals surface area contributed by atoms with Gasteiger partial charge < -0.3 is 14.4 Å². The van der Waals surface area contributed by atoms with Gasteiger partial charge in [0.05, 0.1) is 17.0 Å². The Morgan fingerprint density at radius 3 is 2.50 bits per heavy atom. The van der Waals surface area contributed by atoms with E-state index in [1.54, 1.807) is 12.4 Å². The summed E-state index contributed by atoms with van der Waals surface area (Å²) in [5, 5.41) is 0.450. The van der Waals surface area contributed by atoms with E-state index in [1.807, 2.05) is 6.33 Å². The Labute approximate surface area is 155 Å². The van der Waals surface area contributed by atoms with E-state index in [2.05, 4.69) is 29.3 Å². The third kappa shape index (κ3) is 2.67. The SMILES string of the molecule is Fc1ccc(N2CCN(c3ncnc4c3ncn4C3CC3)CC2)c(Cl)c1. The van der Waals surface area contributed by atoms with Crippen molar-refractivity contribution in [2.24, 2.45) is 0 Å². The second kappa shape index (κ2) is 6.09. The van der Waals surface area contributed by atoms with Gasteiger partial charge in [0.2, 0.25) is 0 Å². The van der Waals surface area contributed by atoms with Crippen molar-refractivity contribution in [2.45, 2.75) is 18.9 Å². The number of halogens is 2. The maximum absolute atomic E-state index is 13.3. The summed E-state index contributed by atoms with van der Waals surface area (Å²) in [6.45, 7) is 3.19. The molecule has 0 atom stereocenters. The number of piperazine rings is 1. The summed E-state index contributed by atoms with van der Waals surface area (Å²) in [6, 6.07) is 5.10. The highest BCUT2D eigenvalue weighted by Gasteiger charge is 2.28. The Balaban J connectivity index is 1.38. The van der Waals surface area contributed by atoms with Gasteiger partial charge in [0.1, 0.15) is 12.1 Å². The molecule has 134 valence electrons. The molecule has 0 spiro atoms. The molecule has 1 saturated carbocycles. The molecule has 2 aliphatic rings. The first kappa shape index (κ1) is 15.8. The molecule has 8 heteroatoms.